The van der Waals surface area contributed by atoms with Gasteiger partial charge in [0.25, 0.3) is 0 Å². The first-order valence-electron chi connectivity index (χ1n) is 6.98. The molecule has 2 rings (SSSR count). The Labute approximate surface area is 110 Å². The molecule has 0 aromatic carbocycles. The van der Waals surface area contributed by atoms with Crippen molar-refractivity contribution < 1.29 is 4.74 Å². The third-order valence-electron chi connectivity index (χ3n) is 3.71. The van der Waals surface area contributed by atoms with Crippen molar-refractivity contribution in [3.8, 4) is 0 Å². The van der Waals surface area contributed by atoms with Crippen LogP contribution in [0.1, 0.15) is 38.1 Å². The Morgan fingerprint density at radius 2 is 2.33 bits per heavy atom. The lowest BCUT2D eigenvalue weighted by Crippen LogP contribution is -2.42. The average molecular weight is 251 g/mol. The average Bonchev–Trinajstić information content (AvgIpc) is 2.85. The van der Waals surface area contributed by atoms with Crippen LogP contribution in [0.2, 0.25) is 0 Å². The monoisotopic (exact) mass is 251 g/mol. The van der Waals surface area contributed by atoms with Crippen LogP contribution < -0.4 is 5.32 Å². The normalized spacial score (nSPS) is 25.6. The van der Waals surface area contributed by atoms with E-state index in [-0.39, 0.29) is 0 Å². The first kappa shape index (κ1) is 13.6. The van der Waals surface area contributed by atoms with E-state index in [1.807, 2.05) is 18.7 Å². The van der Waals surface area contributed by atoms with Crippen LogP contribution in [0.15, 0.2) is 6.07 Å². The Morgan fingerprint density at radius 3 is 2.83 bits per heavy atom. The molecule has 1 aromatic rings. The van der Waals surface area contributed by atoms with Crippen LogP contribution in [0.3, 0.4) is 0 Å². The van der Waals surface area contributed by atoms with Gasteiger partial charge in [-0.2, -0.15) is 5.10 Å². The number of rotatable bonds is 5. The molecular weight excluding hydrogens is 226 g/mol. The van der Waals surface area contributed by atoms with Gasteiger partial charge in [0, 0.05) is 25.2 Å². The van der Waals surface area contributed by atoms with Gasteiger partial charge in [-0.05, 0) is 39.3 Å². The SMILES string of the molecule is CCNC(Cc1cc(C)nn1C)C1CCC(C)O1. The Balaban J connectivity index is 2.04. The third kappa shape index (κ3) is 3.12. The number of aromatic nitrogens is 2. The van der Waals surface area contributed by atoms with Crippen molar-refractivity contribution in [1.29, 1.82) is 0 Å². The molecule has 102 valence electrons. The number of nitrogens with zero attached hydrogens (tertiary/aromatic N) is 2. The molecule has 3 atom stereocenters. The van der Waals surface area contributed by atoms with Crippen LogP contribution >= 0.6 is 0 Å². The van der Waals surface area contributed by atoms with Crippen LogP contribution in [-0.2, 0) is 18.2 Å². The second kappa shape index (κ2) is 5.85. The summed E-state index contributed by atoms with van der Waals surface area (Å²) in [5.41, 5.74) is 2.37. The summed E-state index contributed by atoms with van der Waals surface area (Å²) < 4.78 is 7.99. The van der Waals surface area contributed by atoms with Gasteiger partial charge in [-0.25, -0.2) is 0 Å². The van der Waals surface area contributed by atoms with Gasteiger partial charge in [-0.1, -0.05) is 6.92 Å². The maximum Gasteiger partial charge on any atom is 0.0736 e. The summed E-state index contributed by atoms with van der Waals surface area (Å²) in [5, 5.41) is 7.98. The Morgan fingerprint density at radius 1 is 1.56 bits per heavy atom. The predicted octanol–water partition coefficient (Wildman–Crippen LogP) is 1.82. The summed E-state index contributed by atoms with van der Waals surface area (Å²) in [4.78, 5) is 0. The first-order chi connectivity index (χ1) is 8.60. The van der Waals surface area contributed by atoms with E-state index in [0.29, 0.717) is 18.2 Å². The maximum atomic E-state index is 6.00. The van der Waals surface area contributed by atoms with Crippen molar-refractivity contribution in [2.75, 3.05) is 6.54 Å². The van der Waals surface area contributed by atoms with Crippen LogP contribution in [0.5, 0.6) is 0 Å². The molecule has 0 amide bonds. The molecule has 0 aliphatic carbocycles. The molecule has 3 unspecified atom stereocenters. The summed E-state index contributed by atoms with van der Waals surface area (Å²) in [6, 6.07) is 2.57. The van der Waals surface area contributed by atoms with Gasteiger partial charge in [0.15, 0.2) is 0 Å². The van der Waals surface area contributed by atoms with E-state index in [9.17, 15) is 0 Å². The van der Waals surface area contributed by atoms with Crippen LogP contribution in [-0.4, -0.2) is 34.6 Å². The maximum absolute atomic E-state index is 6.00. The van der Waals surface area contributed by atoms with E-state index in [1.54, 1.807) is 0 Å². The van der Waals surface area contributed by atoms with Crippen molar-refractivity contribution >= 4 is 0 Å². The summed E-state index contributed by atoms with van der Waals surface area (Å²) in [7, 11) is 2.02. The molecule has 18 heavy (non-hydrogen) atoms. The van der Waals surface area contributed by atoms with Gasteiger partial charge < -0.3 is 10.1 Å². The van der Waals surface area contributed by atoms with E-state index >= 15 is 0 Å². The number of hydrogen-bond donors (Lipinski definition) is 1. The molecule has 0 saturated carbocycles. The van der Waals surface area contributed by atoms with Crippen molar-refractivity contribution in [3.63, 3.8) is 0 Å². The van der Waals surface area contributed by atoms with Crippen molar-refractivity contribution in [3.05, 3.63) is 17.5 Å². The second-order valence-corrected chi connectivity index (χ2v) is 5.33. The number of likely N-dealkylation sites (N-methyl/N-ethyl adjacent to an activating group) is 1. The lowest BCUT2D eigenvalue weighted by molar-refractivity contribution is 0.0320. The molecule has 2 heterocycles. The summed E-state index contributed by atoms with van der Waals surface area (Å²) in [5.74, 6) is 0. The van der Waals surface area contributed by atoms with E-state index in [4.69, 9.17) is 4.74 Å². The van der Waals surface area contributed by atoms with Gasteiger partial charge in [0.1, 0.15) is 0 Å². The van der Waals surface area contributed by atoms with Crippen molar-refractivity contribution in [2.24, 2.45) is 7.05 Å². The van der Waals surface area contributed by atoms with Gasteiger partial charge in [0.05, 0.1) is 17.9 Å². The Bertz CT molecular complexity index is 388. The molecule has 1 aromatic heterocycles. The highest BCUT2D eigenvalue weighted by Crippen LogP contribution is 2.23. The highest BCUT2D eigenvalue weighted by Gasteiger charge is 2.29. The highest BCUT2D eigenvalue weighted by molar-refractivity contribution is 5.11. The molecule has 4 heteroatoms. The summed E-state index contributed by atoms with van der Waals surface area (Å²) in [6.45, 7) is 7.34. The smallest absolute Gasteiger partial charge is 0.0736 e. The molecule has 1 saturated heterocycles. The van der Waals surface area contributed by atoms with E-state index in [0.717, 1.165) is 25.1 Å². The van der Waals surface area contributed by atoms with Gasteiger partial charge in [-0.3, -0.25) is 4.68 Å². The standard InChI is InChI=1S/C14H25N3O/c1-5-15-13(14-7-6-11(3)18-14)9-12-8-10(2)16-17(12)4/h8,11,13-15H,5-7,9H2,1-4H3. The van der Waals surface area contributed by atoms with E-state index in [2.05, 4.69) is 30.3 Å². The Kier molecular flexibility index (Phi) is 4.40. The fraction of sp³-hybridized carbons (Fsp3) is 0.786. The summed E-state index contributed by atoms with van der Waals surface area (Å²) in [6.07, 6.45) is 4.08. The first-order valence-corrected chi connectivity index (χ1v) is 6.98. The van der Waals surface area contributed by atoms with E-state index < -0.39 is 0 Å². The fourth-order valence-corrected chi connectivity index (χ4v) is 2.81. The minimum atomic E-state index is 0.343. The minimum Gasteiger partial charge on any atom is -0.374 e. The number of hydrogen-bond acceptors (Lipinski definition) is 3. The molecule has 1 fully saturated rings. The quantitative estimate of drug-likeness (QED) is 0.867. The zero-order valence-corrected chi connectivity index (χ0v) is 11.9. The zero-order chi connectivity index (χ0) is 13.1. The Hall–Kier alpha value is -0.870. The zero-order valence-electron chi connectivity index (χ0n) is 11.9. The topological polar surface area (TPSA) is 39.1 Å². The highest BCUT2D eigenvalue weighted by atomic mass is 16.5. The molecule has 0 radical (unpaired) electrons. The lowest BCUT2D eigenvalue weighted by atomic mass is 10.0. The molecule has 1 N–H and O–H groups in total. The van der Waals surface area contributed by atoms with Crippen LogP contribution in [0, 0.1) is 6.92 Å². The van der Waals surface area contributed by atoms with Crippen LogP contribution in [0.4, 0.5) is 0 Å². The molecule has 1 aliphatic rings. The molecular formula is C14H25N3O. The van der Waals surface area contributed by atoms with Gasteiger partial charge >= 0.3 is 0 Å². The molecule has 4 nitrogen and oxygen atoms in total. The third-order valence-corrected chi connectivity index (χ3v) is 3.71. The van der Waals surface area contributed by atoms with Gasteiger partial charge in [0.2, 0.25) is 0 Å². The van der Waals surface area contributed by atoms with Crippen molar-refractivity contribution in [1.82, 2.24) is 15.1 Å². The van der Waals surface area contributed by atoms with Crippen molar-refractivity contribution in [2.45, 2.75) is 58.3 Å². The lowest BCUT2D eigenvalue weighted by Gasteiger charge is -2.24. The fourth-order valence-electron chi connectivity index (χ4n) is 2.81. The predicted molar refractivity (Wildman–Crippen MR) is 72.7 cm³/mol. The molecule has 1 aliphatic heterocycles. The van der Waals surface area contributed by atoms with Crippen LogP contribution in [0.25, 0.3) is 0 Å². The largest absolute Gasteiger partial charge is 0.374 e. The molecule has 0 bridgehead atoms. The number of aryl methyl sites for hydroxylation is 2. The number of nitrogens with one attached hydrogen (secondary N) is 1. The van der Waals surface area contributed by atoms with E-state index in [1.165, 1.54) is 12.1 Å². The molecule has 0 spiro atoms. The second-order valence-electron chi connectivity index (χ2n) is 5.33. The number of ether oxygens (including phenoxy) is 1. The summed E-state index contributed by atoms with van der Waals surface area (Å²) >= 11 is 0. The van der Waals surface area contributed by atoms with Gasteiger partial charge in [-0.15, -0.1) is 0 Å². The minimum absolute atomic E-state index is 0.343.